The fraction of sp³-hybridized carbons (Fsp3) is 0.444. The zero-order valence-electron chi connectivity index (χ0n) is 14.7. The highest BCUT2D eigenvalue weighted by Crippen LogP contribution is 2.11. The highest BCUT2D eigenvalue weighted by atomic mass is 16.2. The molecule has 0 aliphatic carbocycles. The maximum atomic E-state index is 12.2. The topological polar surface area (TPSA) is 80.1 Å². The third-order valence-corrected chi connectivity index (χ3v) is 4.26. The number of amides is 2. The molecule has 132 valence electrons. The van der Waals surface area contributed by atoms with Crippen LogP contribution in [0.15, 0.2) is 24.4 Å². The van der Waals surface area contributed by atoms with Gasteiger partial charge in [-0.1, -0.05) is 22.4 Å². The van der Waals surface area contributed by atoms with Gasteiger partial charge in [-0.05, 0) is 38.8 Å². The van der Waals surface area contributed by atoms with Crippen LogP contribution in [0.4, 0.5) is 0 Å². The smallest absolute Gasteiger partial charge is 0.276 e. The Hall–Kier alpha value is -2.70. The van der Waals surface area contributed by atoms with E-state index in [1.165, 1.54) is 0 Å². The van der Waals surface area contributed by atoms with Crippen LogP contribution in [-0.4, -0.2) is 51.3 Å². The number of likely N-dealkylation sites (tertiary alicyclic amines) is 1. The van der Waals surface area contributed by atoms with E-state index >= 15 is 0 Å². The third kappa shape index (κ3) is 4.23. The minimum atomic E-state index is -0.111. The molecule has 7 nitrogen and oxygen atoms in total. The molecular formula is C18H23N5O2. The molecule has 1 aliphatic rings. The van der Waals surface area contributed by atoms with E-state index in [1.807, 2.05) is 32.0 Å². The normalized spacial score (nSPS) is 13.9. The van der Waals surface area contributed by atoms with Crippen LogP contribution >= 0.6 is 0 Å². The Bertz CT molecular complexity index is 757. The molecule has 0 atom stereocenters. The zero-order chi connectivity index (χ0) is 17.8. The highest BCUT2D eigenvalue weighted by Gasteiger charge is 2.21. The first-order chi connectivity index (χ1) is 12.0. The van der Waals surface area contributed by atoms with E-state index in [0.29, 0.717) is 24.3 Å². The monoisotopic (exact) mass is 341 g/mol. The lowest BCUT2D eigenvalue weighted by atomic mass is 10.1. The second-order valence-electron chi connectivity index (χ2n) is 6.50. The molecule has 0 saturated carbocycles. The number of rotatable bonds is 5. The lowest BCUT2D eigenvalue weighted by molar-refractivity contribution is 0.0786. The van der Waals surface area contributed by atoms with Crippen LogP contribution in [0.25, 0.3) is 0 Å². The van der Waals surface area contributed by atoms with E-state index in [9.17, 15) is 9.59 Å². The maximum Gasteiger partial charge on any atom is 0.276 e. The Balaban J connectivity index is 1.52. The molecule has 1 aliphatic heterocycles. The van der Waals surface area contributed by atoms with Gasteiger partial charge in [0.05, 0.1) is 12.7 Å². The second-order valence-corrected chi connectivity index (χ2v) is 6.50. The summed E-state index contributed by atoms with van der Waals surface area (Å²) in [6.45, 7) is 6.41. The first kappa shape index (κ1) is 17.1. The molecule has 7 heteroatoms. The molecule has 0 unspecified atom stereocenters. The van der Waals surface area contributed by atoms with Crippen LogP contribution in [0.3, 0.4) is 0 Å². The number of carbonyl (C=O) groups excluding carboxylic acids is 2. The van der Waals surface area contributed by atoms with Gasteiger partial charge >= 0.3 is 0 Å². The van der Waals surface area contributed by atoms with Gasteiger partial charge in [-0.2, -0.15) is 0 Å². The molecule has 1 saturated heterocycles. The predicted octanol–water partition coefficient (Wildman–Crippen LogP) is 1.56. The van der Waals surface area contributed by atoms with Crippen molar-refractivity contribution in [2.75, 3.05) is 19.6 Å². The summed E-state index contributed by atoms with van der Waals surface area (Å²) in [5.41, 5.74) is 3.14. The Morgan fingerprint density at radius 1 is 1.12 bits per heavy atom. The van der Waals surface area contributed by atoms with Crippen LogP contribution < -0.4 is 5.32 Å². The molecule has 1 aromatic heterocycles. The Morgan fingerprint density at radius 3 is 2.48 bits per heavy atom. The first-order valence-electron chi connectivity index (χ1n) is 8.59. The van der Waals surface area contributed by atoms with Crippen molar-refractivity contribution >= 4 is 11.8 Å². The Morgan fingerprint density at radius 2 is 1.80 bits per heavy atom. The quantitative estimate of drug-likeness (QED) is 0.895. The van der Waals surface area contributed by atoms with Crippen molar-refractivity contribution in [3.63, 3.8) is 0 Å². The summed E-state index contributed by atoms with van der Waals surface area (Å²) in [4.78, 5) is 26.2. The lowest BCUT2D eigenvalue weighted by Crippen LogP contribution is -2.28. The van der Waals surface area contributed by atoms with Crippen molar-refractivity contribution < 1.29 is 9.59 Å². The molecule has 0 spiro atoms. The van der Waals surface area contributed by atoms with Crippen molar-refractivity contribution in [2.24, 2.45) is 0 Å². The molecule has 2 amide bonds. The third-order valence-electron chi connectivity index (χ3n) is 4.26. The highest BCUT2D eigenvalue weighted by molar-refractivity contribution is 5.94. The molecule has 2 heterocycles. The van der Waals surface area contributed by atoms with E-state index in [2.05, 4.69) is 15.6 Å². The number of hydrogen-bond acceptors (Lipinski definition) is 4. The van der Waals surface area contributed by atoms with Gasteiger partial charge in [0, 0.05) is 25.2 Å². The van der Waals surface area contributed by atoms with Crippen molar-refractivity contribution in [2.45, 2.75) is 33.2 Å². The Kier molecular flexibility index (Phi) is 5.11. The van der Waals surface area contributed by atoms with E-state index in [1.54, 1.807) is 15.8 Å². The van der Waals surface area contributed by atoms with Crippen molar-refractivity contribution in [3.05, 3.63) is 46.8 Å². The van der Waals surface area contributed by atoms with Gasteiger partial charge in [0.15, 0.2) is 5.69 Å². The number of carbonyl (C=O) groups is 2. The van der Waals surface area contributed by atoms with E-state index in [-0.39, 0.29) is 11.8 Å². The molecule has 0 bridgehead atoms. The summed E-state index contributed by atoms with van der Waals surface area (Å²) in [5, 5.41) is 10.8. The summed E-state index contributed by atoms with van der Waals surface area (Å²) in [6, 6.07) is 5.76. The lowest BCUT2D eigenvalue weighted by Gasteiger charge is -2.12. The molecule has 0 radical (unpaired) electrons. The zero-order valence-corrected chi connectivity index (χ0v) is 14.7. The largest absolute Gasteiger partial charge is 0.350 e. The van der Waals surface area contributed by atoms with Crippen molar-refractivity contribution in [3.8, 4) is 0 Å². The molecule has 1 N–H and O–H groups in total. The molecule has 2 aromatic rings. The number of aromatic nitrogens is 3. The average Bonchev–Trinajstić information content (AvgIpc) is 3.25. The van der Waals surface area contributed by atoms with Crippen molar-refractivity contribution in [1.29, 1.82) is 0 Å². The summed E-state index contributed by atoms with van der Waals surface area (Å²) < 4.78 is 1.59. The van der Waals surface area contributed by atoms with Crippen LogP contribution in [0.2, 0.25) is 0 Å². The average molecular weight is 341 g/mol. The number of nitrogens with zero attached hydrogens (tertiary/aromatic N) is 4. The van der Waals surface area contributed by atoms with Gasteiger partial charge in [-0.3, -0.25) is 9.59 Å². The SMILES string of the molecule is Cc1cc(C)cc(C(=O)NCCn2cc(C(=O)N3CCCC3)nn2)c1. The van der Waals surface area contributed by atoms with Crippen LogP contribution in [-0.2, 0) is 6.54 Å². The summed E-state index contributed by atoms with van der Waals surface area (Å²) in [5.74, 6) is -0.177. The van der Waals surface area contributed by atoms with Gasteiger partial charge < -0.3 is 10.2 Å². The number of hydrogen-bond donors (Lipinski definition) is 1. The van der Waals surface area contributed by atoms with Gasteiger partial charge in [-0.25, -0.2) is 4.68 Å². The van der Waals surface area contributed by atoms with Gasteiger partial charge in [-0.15, -0.1) is 5.10 Å². The fourth-order valence-electron chi connectivity index (χ4n) is 3.08. The molecule has 25 heavy (non-hydrogen) atoms. The number of nitrogens with one attached hydrogen (secondary N) is 1. The van der Waals surface area contributed by atoms with Crippen molar-refractivity contribution in [1.82, 2.24) is 25.2 Å². The van der Waals surface area contributed by atoms with Gasteiger partial charge in [0.25, 0.3) is 11.8 Å². The minimum absolute atomic E-state index is 0.0666. The van der Waals surface area contributed by atoms with Gasteiger partial charge in [0.2, 0.25) is 0 Å². The maximum absolute atomic E-state index is 12.2. The van der Waals surface area contributed by atoms with E-state index in [0.717, 1.165) is 37.1 Å². The second kappa shape index (κ2) is 7.46. The molecule has 3 rings (SSSR count). The summed E-state index contributed by atoms with van der Waals surface area (Å²) >= 11 is 0. The fourth-order valence-corrected chi connectivity index (χ4v) is 3.08. The number of aryl methyl sites for hydroxylation is 2. The summed E-state index contributed by atoms with van der Waals surface area (Å²) in [6.07, 6.45) is 3.73. The standard InChI is InChI=1S/C18H23N5O2/c1-13-9-14(2)11-15(10-13)17(24)19-5-8-23-12-16(20-21-23)18(25)22-6-3-4-7-22/h9-12H,3-8H2,1-2H3,(H,19,24). The number of benzene rings is 1. The van der Waals surface area contributed by atoms with Crippen LogP contribution in [0.5, 0.6) is 0 Å². The first-order valence-corrected chi connectivity index (χ1v) is 8.59. The Labute approximate surface area is 147 Å². The summed E-state index contributed by atoms with van der Waals surface area (Å²) in [7, 11) is 0. The van der Waals surface area contributed by atoms with Crippen LogP contribution in [0.1, 0.15) is 44.8 Å². The van der Waals surface area contributed by atoms with E-state index in [4.69, 9.17) is 0 Å². The molecule has 1 fully saturated rings. The van der Waals surface area contributed by atoms with Gasteiger partial charge in [0.1, 0.15) is 0 Å². The van der Waals surface area contributed by atoms with Crippen LogP contribution in [0, 0.1) is 13.8 Å². The molecular weight excluding hydrogens is 318 g/mol. The predicted molar refractivity (Wildman–Crippen MR) is 93.4 cm³/mol. The van der Waals surface area contributed by atoms with E-state index < -0.39 is 0 Å². The molecule has 1 aromatic carbocycles. The minimum Gasteiger partial charge on any atom is -0.350 e.